The summed E-state index contributed by atoms with van der Waals surface area (Å²) in [7, 11) is 0. The fraction of sp³-hybridized carbons (Fsp3) is 0.529. The van der Waals surface area contributed by atoms with Crippen LogP contribution in [0, 0.1) is 12.5 Å². The highest BCUT2D eigenvalue weighted by molar-refractivity contribution is 5.74. The van der Waals surface area contributed by atoms with Crippen LogP contribution in [0.5, 0.6) is 0 Å². The highest BCUT2D eigenvalue weighted by atomic mass is 16.6. The van der Waals surface area contributed by atoms with Gasteiger partial charge in [-0.1, -0.05) is 13.8 Å². The highest BCUT2D eigenvalue weighted by Crippen LogP contribution is 2.49. The van der Waals surface area contributed by atoms with E-state index in [2.05, 4.69) is 14.9 Å². The molecule has 25 heavy (non-hydrogen) atoms. The number of rotatable bonds is 3. The Morgan fingerprint density at radius 3 is 2.92 bits per heavy atom. The van der Waals surface area contributed by atoms with E-state index in [1.807, 2.05) is 20.8 Å². The van der Waals surface area contributed by atoms with Crippen LogP contribution in [-0.4, -0.2) is 32.3 Å². The molecule has 8 nitrogen and oxygen atoms in total. The molecule has 0 aromatic carbocycles. The van der Waals surface area contributed by atoms with E-state index in [-0.39, 0.29) is 23.2 Å². The molecule has 0 radical (unpaired) electrons. The molecule has 3 heterocycles. The van der Waals surface area contributed by atoms with Crippen LogP contribution in [0.3, 0.4) is 0 Å². The number of aromatic amines is 1. The van der Waals surface area contributed by atoms with Crippen molar-refractivity contribution in [2.45, 2.75) is 51.9 Å². The highest BCUT2D eigenvalue weighted by Gasteiger charge is 2.55. The quantitative estimate of drug-likeness (QED) is 0.682. The molecule has 1 aliphatic heterocycles. The molecule has 1 aliphatic rings. The monoisotopic (exact) mass is 344 g/mol. The van der Waals surface area contributed by atoms with Crippen LogP contribution in [0.1, 0.15) is 45.9 Å². The van der Waals surface area contributed by atoms with Crippen molar-refractivity contribution in [3.05, 3.63) is 39.9 Å². The Morgan fingerprint density at radius 2 is 2.32 bits per heavy atom. The number of nitrogens with zero attached hydrogens (tertiary/aromatic N) is 3. The van der Waals surface area contributed by atoms with E-state index in [9.17, 15) is 9.59 Å². The summed E-state index contributed by atoms with van der Waals surface area (Å²) >= 11 is 0. The van der Waals surface area contributed by atoms with Gasteiger partial charge in [-0.3, -0.25) is 9.59 Å². The summed E-state index contributed by atoms with van der Waals surface area (Å²) in [5.41, 5.74) is -0.456. The van der Waals surface area contributed by atoms with Crippen LogP contribution < -0.4 is 5.56 Å². The molecule has 8 heteroatoms. The number of H-pyrrole nitrogens is 1. The summed E-state index contributed by atoms with van der Waals surface area (Å²) in [6.07, 6.45) is 1.28. The zero-order valence-electron chi connectivity index (χ0n) is 14.6. The molecular weight excluding hydrogens is 324 g/mol. The van der Waals surface area contributed by atoms with Gasteiger partial charge >= 0.3 is 5.97 Å². The lowest BCUT2D eigenvalue weighted by atomic mass is 9.83. The molecule has 1 fully saturated rings. The van der Waals surface area contributed by atoms with Gasteiger partial charge in [-0.2, -0.15) is 5.10 Å². The molecule has 1 saturated heterocycles. The second-order valence-corrected chi connectivity index (χ2v) is 6.47. The van der Waals surface area contributed by atoms with Crippen LogP contribution in [0.15, 0.2) is 17.2 Å². The molecule has 0 saturated carbocycles. The largest absolute Gasteiger partial charge is 0.456 e. The third kappa shape index (κ3) is 2.51. The lowest BCUT2D eigenvalue weighted by Crippen LogP contribution is -2.41. The molecule has 4 atom stereocenters. The summed E-state index contributed by atoms with van der Waals surface area (Å²) in [5, 5.41) is 4.17. The predicted octanol–water partition coefficient (Wildman–Crippen LogP) is 2.38. The fourth-order valence-corrected chi connectivity index (χ4v) is 3.63. The Morgan fingerprint density at radius 1 is 1.60 bits per heavy atom. The maximum Gasteiger partial charge on any atom is 0.303 e. The first kappa shape index (κ1) is 17.2. The number of nitrogens with one attached hydrogen (secondary N) is 1. The van der Waals surface area contributed by atoms with Crippen LogP contribution in [0.25, 0.3) is 10.4 Å². The van der Waals surface area contributed by atoms with Gasteiger partial charge in [0, 0.05) is 12.8 Å². The fourth-order valence-electron chi connectivity index (χ4n) is 3.63. The first-order valence-electron chi connectivity index (χ1n) is 8.15. The summed E-state index contributed by atoms with van der Waals surface area (Å²) < 4.78 is 13.2. The van der Waals surface area contributed by atoms with Crippen molar-refractivity contribution in [1.29, 1.82) is 0 Å². The number of aromatic nitrogens is 3. The summed E-state index contributed by atoms with van der Waals surface area (Å²) in [4.78, 5) is 29.7. The molecular formula is C17H20N4O4. The van der Waals surface area contributed by atoms with Crippen LogP contribution in [0.2, 0.25) is 0 Å². The van der Waals surface area contributed by atoms with E-state index >= 15 is 0 Å². The van der Waals surface area contributed by atoms with Crippen molar-refractivity contribution in [2.24, 2.45) is 5.92 Å². The SMILES string of the molecule is [C-]#[N+]c1cc([C@@H]2O[C@H](CC)[C@@H](C)[C@@]2(C)OC(C)=O)n2nc[nH]c(=O)c12. The third-order valence-corrected chi connectivity index (χ3v) is 5.02. The molecule has 0 unspecified atom stereocenters. The van der Waals surface area contributed by atoms with Crippen molar-refractivity contribution in [1.82, 2.24) is 14.6 Å². The average Bonchev–Trinajstić information content (AvgIpc) is 3.04. The average molecular weight is 344 g/mol. The minimum absolute atomic E-state index is 0.0599. The van der Waals surface area contributed by atoms with Crippen molar-refractivity contribution in [3.8, 4) is 0 Å². The first-order chi connectivity index (χ1) is 11.8. The Bertz CT molecular complexity index is 925. The molecule has 132 valence electrons. The minimum Gasteiger partial charge on any atom is -0.456 e. The minimum atomic E-state index is -0.926. The van der Waals surface area contributed by atoms with Crippen LogP contribution in [-0.2, 0) is 14.3 Å². The van der Waals surface area contributed by atoms with E-state index in [1.54, 1.807) is 6.07 Å². The van der Waals surface area contributed by atoms with Crippen molar-refractivity contribution >= 4 is 17.2 Å². The van der Waals surface area contributed by atoms with E-state index < -0.39 is 23.2 Å². The number of hydrogen-bond acceptors (Lipinski definition) is 5. The molecule has 2 aromatic rings. The molecule has 0 bridgehead atoms. The van der Waals surface area contributed by atoms with Crippen molar-refractivity contribution < 1.29 is 14.3 Å². The topological polar surface area (TPSA) is 90.0 Å². The zero-order valence-corrected chi connectivity index (χ0v) is 14.6. The number of carbonyl (C=O) groups excluding carboxylic acids is 1. The second-order valence-electron chi connectivity index (χ2n) is 6.47. The maximum atomic E-state index is 12.1. The number of fused-ring (bicyclic) bond motifs is 1. The first-order valence-corrected chi connectivity index (χ1v) is 8.15. The normalized spacial score (nSPS) is 28.8. The maximum absolute atomic E-state index is 12.1. The van der Waals surface area contributed by atoms with Gasteiger partial charge in [0.1, 0.15) is 23.5 Å². The lowest BCUT2D eigenvalue weighted by Gasteiger charge is -2.33. The second kappa shape index (κ2) is 6.01. The predicted molar refractivity (Wildman–Crippen MR) is 89.3 cm³/mol. The summed E-state index contributed by atoms with van der Waals surface area (Å²) in [6.45, 7) is 14.5. The summed E-state index contributed by atoms with van der Waals surface area (Å²) in [6, 6.07) is 1.59. The Hall–Kier alpha value is -2.66. The standard InChI is InChI=1S/C17H20N4O4/c1-6-13-9(2)17(4,25-10(3)22)15(24-13)12-7-11(18-5)14-16(23)19-8-20-21(12)14/h7-9,13,15H,6H2,1-4H3,(H,19,20,23)/t9-,13-,15+,17-/m1/s1. The van der Waals surface area contributed by atoms with Crippen LogP contribution in [0.4, 0.5) is 5.69 Å². The van der Waals surface area contributed by atoms with Gasteiger partial charge < -0.3 is 14.5 Å². The smallest absolute Gasteiger partial charge is 0.303 e. The summed E-state index contributed by atoms with van der Waals surface area (Å²) in [5.74, 6) is -0.466. The van der Waals surface area contributed by atoms with Crippen molar-refractivity contribution in [2.75, 3.05) is 0 Å². The third-order valence-electron chi connectivity index (χ3n) is 5.02. The van der Waals surface area contributed by atoms with E-state index in [1.165, 1.54) is 17.8 Å². The van der Waals surface area contributed by atoms with Gasteiger partial charge in [0.15, 0.2) is 0 Å². The molecule has 3 rings (SSSR count). The lowest BCUT2D eigenvalue weighted by molar-refractivity contribution is -0.165. The van der Waals surface area contributed by atoms with E-state index in [0.29, 0.717) is 5.69 Å². The zero-order chi connectivity index (χ0) is 18.4. The van der Waals surface area contributed by atoms with Crippen LogP contribution >= 0.6 is 0 Å². The van der Waals surface area contributed by atoms with Gasteiger partial charge in [0.25, 0.3) is 5.56 Å². The van der Waals surface area contributed by atoms with Gasteiger partial charge in [0.2, 0.25) is 5.69 Å². The molecule has 0 spiro atoms. The molecule has 0 amide bonds. The molecule has 0 aliphatic carbocycles. The Balaban J connectivity index is 2.22. The number of esters is 1. The van der Waals surface area contributed by atoms with Gasteiger partial charge in [-0.15, -0.1) is 0 Å². The van der Waals surface area contributed by atoms with E-state index in [0.717, 1.165) is 6.42 Å². The van der Waals surface area contributed by atoms with Gasteiger partial charge in [-0.25, -0.2) is 9.36 Å². The molecule has 2 aromatic heterocycles. The van der Waals surface area contributed by atoms with Gasteiger partial charge in [-0.05, 0) is 19.4 Å². The number of hydrogen-bond donors (Lipinski definition) is 1. The Labute approximate surface area is 144 Å². The molecule has 1 N–H and O–H groups in total. The Kier molecular flexibility index (Phi) is 4.13. The number of carbonyl (C=O) groups is 1. The van der Waals surface area contributed by atoms with E-state index in [4.69, 9.17) is 16.0 Å². The van der Waals surface area contributed by atoms with Gasteiger partial charge in [0.05, 0.1) is 18.4 Å². The number of ether oxygens (including phenoxy) is 2. The van der Waals surface area contributed by atoms with Crippen molar-refractivity contribution in [3.63, 3.8) is 0 Å².